The average molecular weight is 845 g/mol. The number of aliphatic hydroxyl groups excluding tert-OH is 2. The van der Waals surface area contributed by atoms with Crippen molar-refractivity contribution in [2.45, 2.75) is 81.5 Å². The molecule has 7 rings (SSSR count). The topological polar surface area (TPSA) is 365 Å². The van der Waals surface area contributed by atoms with Gasteiger partial charge in [-0.2, -0.15) is 4.98 Å². The predicted octanol–water partition coefficient (Wildman–Crippen LogP) is -1.67. The fraction of sp³-hybridized carbons (Fsp3) is 0.552. The Morgan fingerprint density at radius 3 is 2.18 bits per heavy atom. The number of aromatic nitrogens is 8. The minimum atomic E-state index is -5.04. The molecule has 57 heavy (non-hydrogen) atoms. The lowest BCUT2D eigenvalue weighted by atomic mass is 10.2. The number of aliphatic hydroxyl groups is 2. The molecule has 0 amide bonds. The number of rotatable bonds is 14. The highest BCUT2D eigenvalue weighted by Crippen LogP contribution is 2.52. The van der Waals surface area contributed by atoms with Gasteiger partial charge in [0.1, 0.15) is 66.9 Å². The van der Waals surface area contributed by atoms with Crippen LogP contribution < -0.4 is 28.4 Å². The van der Waals surface area contributed by atoms with E-state index in [9.17, 15) is 43.5 Å². The minimum Gasteiger partial charge on any atom is -0.394 e. The van der Waals surface area contributed by atoms with Gasteiger partial charge in [0.05, 0.1) is 32.3 Å². The lowest BCUT2D eigenvalue weighted by Gasteiger charge is -2.24. The summed E-state index contributed by atoms with van der Waals surface area (Å²) >= 11 is 0. The lowest BCUT2D eigenvalue weighted by Crippen LogP contribution is -2.33. The number of phosphoric ester groups is 2. The van der Waals surface area contributed by atoms with Crippen molar-refractivity contribution in [3.05, 3.63) is 68.0 Å². The van der Waals surface area contributed by atoms with Gasteiger partial charge in [-0.25, -0.2) is 33.7 Å². The SMILES string of the molecule is Cc1cn([C@H]2C[C@H](O)[C@@H](COP(=O)(O)O[C@H]3C[C@H](n4cnc5c(N)ncnc54)O[C@@H]3COP(=O)(O)O[C@H]3C[C@H](n4ccc(N)nc4=O)O[C@@H]3CO)O2)c(=O)[nH]c1=O. The van der Waals surface area contributed by atoms with E-state index in [1.807, 2.05) is 0 Å². The van der Waals surface area contributed by atoms with Crippen molar-refractivity contribution >= 4 is 38.4 Å². The summed E-state index contributed by atoms with van der Waals surface area (Å²) in [5.41, 5.74) is 9.98. The molecule has 3 aliphatic rings. The summed E-state index contributed by atoms with van der Waals surface area (Å²) in [5.74, 6) is 0.0236. The molecule has 3 fully saturated rings. The average Bonchev–Trinajstić information content (AvgIpc) is 3.93. The highest BCUT2D eigenvalue weighted by Gasteiger charge is 2.46. The molecule has 11 atom stereocenters. The van der Waals surface area contributed by atoms with E-state index < -0.39 is 108 Å². The van der Waals surface area contributed by atoms with Crippen LogP contribution in [0, 0.1) is 6.92 Å². The van der Waals surface area contributed by atoms with E-state index >= 15 is 0 Å². The number of aromatic amines is 1. The zero-order valence-electron chi connectivity index (χ0n) is 29.7. The van der Waals surface area contributed by atoms with Crippen molar-refractivity contribution in [2.75, 3.05) is 31.3 Å². The van der Waals surface area contributed by atoms with Crippen LogP contribution >= 0.6 is 15.6 Å². The third-order valence-corrected chi connectivity index (χ3v) is 11.4. The first kappa shape index (κ1) is 40.9. The summed E-state index contributed by atoms with van der Waals surface area (Å²) in [6.45, 7) is -0.633. The van der Waals surface area contributed by atoms with Crippen LogP contribution in [0.4, 0.5) is 11.6 Å². The first-order chi connectivity index (χ1) is 27.0. The summed E-state index contributed by atoms with van der Waals surface area (Å²) in [4.78, 5) is 76.0. The molecule has 0 aromatic carbocycles. The van der Waals surface area contributed by atoms with Gasteiger partial charge in [0.15, 0.2) is 11.5 Å². The van der Waals surface area contributed by atoms with E-state index in [-0.39, 0.29) is 47.6 Å². The zero-order valence-corrected chi connectivity index (χ0v) is 31.5. The van der Waals surface area contributed by atoms with Crippen LogP contribution in [0.25, 0.3) is 11.2 Å². The minimum absolute atomic E-state index is 0.0384. The second kappa shape index (κ2) is 16.2. The highest BCUT2D eigenvalue weighted by molar-refractivity contribution is 7.47. The van der Waals surface area contributed by atoms with Crippen LogP contribution in [0.15, 0.2) is 45.5 Å². The van der Waals surface area contributed by atoms with Crippen LogP contribution in [-0.4, -0.2) is 115 Å². The van der Waals surface area contributed by atoms with Gasteiger partial charge in [0, 0.05) is 37.2 Å². The molecule has 4 aromatic rings. The van der Waals surface area contributed by atoms with Gasteiger partial charge >= 0.3 is 27.0 Å². The van der Waals surface area contributed by atoms with Gasteiger partial charge in [-0.05, 0) is 13.0 Å². The number of nitrogens with one attached hydrogen (secondary N) is 1. The molecular weight excluding hydrogens is 806 g/mol. The van der Waals surface area contributed by atoms with E-state index in [4.69, 9.17) is 43.8 Å². The number of ether oxygens (including phenoxy) is 3. The number of nitrogens with two attached hydrogens (primary N) is 2. The molecule has 26 nitrogen and oxygen atoms in total. The zero-order chi connectivity index (χ0) is 40.8. The van der Waals surface area contributed by atoms with E-state index in [1.54, 1.807) is 0 Å². The smallest absolute Gasteiger partial charge is 0.394 e. The Balaban J connectivity index is 1.03. The second-order valence-electron chi connectivity index (χ2n) is 13.3. The van der Waals surface area contributed by atoms with Gasteiger partial charge in [-0.1, -0.05) is 0 Å². The van der Waals surface area contributed by atoms with Gasteiger partial charge < -0.3 is 45.7 Å². The number of fused-ring (bicyclic) bond motifs is 1. The summed E-state index contributed by atoms with van der Waals surface area (Å²) < 4.78 is 68.9. The van der Waals surface area contributed by atoms with Crippen LogP contribution in [0.2, 0.25) is 0 Å². The number of H-pyrrole nitrogens is 1. The molecule has 0 aliphatic carbocycles. The van der Waals surface area contributed by atoms with E-state index in [2.05, 4.69) is 24.9 Å². The summed E-state index contributed by atoms with van der Waals surface area (Å²) in [6, 6.07) is 1.34. The molecule has 0 saturated carbocycles. The molecule has 4 aromatic heterocycles. The lowest BCUT2D eigenvalue weighted by molar-refractivity contribution is -0.0610. The van der Waals surface area contributed by atoms with Crippen molar-refractivity contribution in [3.63, 3.8) is 0 Å². The molecule has 0 spiro atoms. The number of phosphoric acid groups is 2. The highest BCUT2D eigenvalue weighted by atomic mass is 31.2. The van der Waals surface area contributed by atoms with Crippen molar-refractivity contribution in [1.82, 2.24) is 38.6 Å². The Morgan fingerprint density at radius 1 is 0.877 bits per heavy atom. The monoisotopic (exact) mass is 844 g/mol. The van der Waals surface area contributed by atoms with Crippen LogP contribution in [0.1, 0.15) is 43.5 Å². The second-order valence-corrected chi connectivity index (χ2v) is 16.1. The fourth-order valence-corrected chi connectivity index (χ4v) is 8.50. The maximum absolute atomic E-state index is 13.3. The van der Waals surface area contributed by atoms with Crippen molar-refractivity contribution in [3.8, 4) is 0 Å². The van der Waals surface area contributed by atoms with Crippen molar-refractivity contribution in [1.29, 1.82) is 0 Å². The van der Waals surface area contributed by atoms with Crippen LogP contribution in [-0.2, 0) is 41.4 Å². The standard InChI is InChI=1S/C29H38N10O16P2/c1-13-7-38(29(44)36-27(13)42)21-4-14(41)18(52-21)9-49-56(45,46)55-16-6-23(39-12-34-24-25(31)32-11-33-26(24)39)53-19(16)10-50-57(47,48)54-15-5-22(51-17(15)8-40)37-3-2-20(30)35-28(37)43/h2-3,7,11-12,14-19,21-23,40-41H,4-6,8-10H2,1H3,(H,45,46)(H,47,48)(H2,30,35,43)(H2,31,32,33)(H,36,42,44)/t14-,15-,16-,17+,18+,19+,21+,22+,23+/m0/s1. The number of hydrogen-bond acceptors (Lipinski definition) is 20. The molecule has 3 saturated heterocycles. The Kier molecular flexibility index (Phi) is 11.6. The van der Waals surface area contributed by atoms with E-state index in [0.29, 0.717) is 0 Å². The number of anilines is 2. The normalized spacial score (nSPS) is 29.8. The van der Waals surface area contributed by atoms with Crippen molar-refractivity contribution < 1.29 is 61.4 Å². The maximum atomic E-state index is 13.3. The number of imidazole rings is 1. The van der Waals surface area contributed by atoms with E-state index in [1.165, 1.54) is 42.6 Å². The van der Waals surface area contributed by atoms with Crippen LogP contribution in [0.5, 0.6) is 0 Å². The number of nitrogens with zero attached hydrogens (tertiary/aromatic N) is 7. The summed E-state index contributed by atoms with van der Waals surface area (Å²) in [6.07, 6.45) is -6.11. The van der Waals surface area contributed by atoms with Gasteiger partial charge in [0.25, 0.3) is 5.56 Å². The third-order valence-electron chi connectivity index (χ3n) is 9.40. The molecule has 28 heteroatoms. The molecule has 310 valence electrons. The fourth-order valence-electron chi connectivity index (χ4n) is 6.58. The third kappa shape index (κ3) is 8.92. The molecule has 3 aliphatic heterocycles. The molecule has 0 bridgehead atoms. The van der Waals surface area contributed by atoms with Gasteiger partial charge in [-0.15, -0.1) is 0 Å². The summed E-state index contributed by atoms with van der Waals surface area (Å²) in [7, 11) is -10.1. The predicted molar refractivity (Wildman–Crippen MR) is 189 cm³/mol. The Morgan fingerprint density at radius 2 is 1.49 bits per heavy atom. The molecular formula is C29H38N10O16P2. The first-order valence-electron chi connectivity index (χ1n) is 17.2. The van der Waals surface area contributed by atoms with E-state index in [0.717, 1.165) is 9.13 Å². The first-order valence-corrected chi connectivity index (χ1v) is 20.2. The van der Waals surface area contributed by atoms with Crippen molar-refractivity contribution in [2.24, 2.45) is 0 Å². The maximum Gasteiger partial charge on any atom is 0.472 e. The number of nitrogen functional groups attached to an aromatic ring is 2. The molecule has 2 unspecified atom stereocenters. The quantitative estimate of drug-likeness (QED) is 0.0697. The Bertz CT molecular complexity index is 2390. The number of hydrogen-bond donors (Lipinski definition) is 7. The molecule has 7 heterocycles. The number of aryl methyl sites for hydroxylation is 1. The largest absolute Gasteiger partial charge is 0.472 e. The van der Waals surface area contributed by atoms with Gasteiger partial charge in [0.2, 0.25) is 0 Å². The Labute approximate surface area is 319 Å². The Hall–Kier alpha value is -4.27. The van der Waals surface area contributed by atoms with Gasteiger partial charge in [-0.3, -0.25) is 41.6 Å². The molecule has 9 N–H and O–H groups in total. The summed E-state index contributed by atoms with van der Waals surface area (Å²) in [5, 5.41) is 20.5. The molecule has 0 radical (unpaired) electrons. The van der Waals surface area contributed by atoms with Crippen LogP contribution in [0.3, 0.4) is 0 Å².